The van der Waals surface area contributed by atoms with Crippen LogP contribution in [0, 0.1) is 5.82 Å². The fraction of sp³-hybridized carbons (Fsp3) is 0.600. The standard InChI is InChI=1S/C15H21FN2/c1-11(2)18-7-5-15(6-8-18)10-17-14-4-3-12(16)9-13(14)15/h3-4,9,11,17H,5-8,10H2,1-2H3. The van der Waals surface area contributed by atoms with Crippen LogP contribution in [0.25, 0.3) is 0 Å². The molecule has 0 unspecified atom stereocenters. The Balaban J connectivity index is 1.86. The first-order valence-corrected chi connectivity index (χ1v) is 6.89. The number of nitrogens with zero attached hydrogens (tertiary/aromatic N) is 1. The summed E-state index contributed by atoms with van der Waals surface area (Å²) in [4.78, 5) is 2.52. The summed E-state index contributed by atoms with van der Waals surface area (Å²) >= 11 is 0. The number of nitrogens with one attached hydrogen (secondary N) is 1. The van der Waals surface area contributed by atoms with Gasteiger partial charge in [-0.3, -0.25) is 0 Å². The largest absolute Gasteiger partial charge is 0.384 e. The highest BCUT2D eigenvalue weighted by Gasteiger charge is 2.41. The van der Waals surface area contributed by atoms with Crippen molar-refractivity contribution >= 4 is 5.69 Å². The molecule has 0 bridgehead atoms. The third-order valence-electron chi connectivity index (χ3n) is 4.66. The van der Waals surface area contributed by atoms with Gasteiger partial charge in [0.1, 0.15) is 5.82 Å². The van der Waals surface area contributed by atoms with Crippen LogP contribution in [0.3, 0.4) is 0 Å². The van der Waals surface area contributed by atoms with Crippen molar-refractivity contribution in [2.45, 2.75) is 38.1 Å². The van der Waals surface area contributed by atoms with E-state index in [0.29, 0.717) is 6.04 Å². The molecule has 1 spiro atoms. The summed E-state index contributed by atoms with van der Waals surface area (Å²) in [6.45, 7) is 7.71. The lowest BCUT2D eigenvalue weighted by Gasteiger charge is -2.41. The van der Waals surface area contributed by atoms with E-state index in [1.807, 2.05) is 6.07 Å². The van der Waals surface area contributed by atoms with Crippen molar-refractivity contribution in [2.75, 3.05) is 25.0 Å². The number of fused-ring (bicyclic) bond motifs is 2. The zero-order valence-corrected chi connectivity index (χ0v) is 11.2. The van der Waals surface area contributed by atoms with Gasteiger partial charge in [-0.15, -0.1) is 0 Å². The first kappa shape index (κ1) is 12.0. The lowest BCUT2D eigenvalue weighted by molar-refractivity contribution is 0.137. The zero-order chi connectivity index (χ0) is 12.8. The number of likely N-dealkylation sites (tertiary alicyclic amines) is 1. The third-order valence-corrected chi connectivity index (χ3v) is 4.66. The van der Waals surface area contributed by atoms with Crippen LogP contribution < -0.4 is 5.32 Å². The van der Waals surface area contributed by atoms with Gasteiger partial charge < -0.3 is 10.2 Å². The number of hydrogen-bond acceptors (Lipinski definition) is 2. The molecule has 3 heteroatoms. The SMILES string of the molecule is CC(C)N1CCC2(CC1)CNc1ccc(F)cc12. The molecule has 2 aliphatic rings. The molecular formula is C15H21FN2. The highest BCUT2D eigenvalue weighted by atomic mass is 19.1. The summed E-state index contributed by atoms with van der Waals surface area (Å²) in [7, 11) is 0. The van der Waals surface area contributed by atoms with E-state index in [1.165, 1.54) is 5.56 Å². The minimum absolute atomic E-state index is 0.108. The van der Waals surface area contributed by atoms with E-state index in [0.717, 1.165) is 38.2 Å². The minimum atomic E-state index is -0.108. The average molecular weight is 248 g/mol. The fourth-order valence-corrected chi connectivity index (χ4v) is 3.38. The summed E-state index contributed by atoms with van der Waals surface area (Å²) in [5, 5.41) is 3.45. The van der Waals surface area contributed by atoms with Gasteiger partial charge in [0.2, 0.25) is 0 Å². The van der Waals surface area contributed by atoms with E-state index in [1.54, 1.807) is 12.1 Å². The van der Waals surface area contributed by atoms with E-state index in [4.69, 9.17) is 0 Å². The first-order chi connectivity index (χ1) is 8.61. The second-order valence-electron chi connectivity index (χ2n) is 5.95. The number of hydrogen-bond donors (Lipinski definition) is 1. The maximum atomic E-state index is 13.5. The molecule has 1 N–H and O–H groups in total. The van der Waals surface area contributed by atoms with E-state index >= 15 is 0 Å². The Morgan fingerprint density at radius 3 is 2.67 bits per heavy atom. The van der Waals surface area contributed by atoms with Crippen molar-refractivity contribution in [1.82, 2.24) is 4.90 Å². The van der Waals surface area contributed by atoms with Gasteiger partial charge in [0, 0.05) is 23.7 Å². The molecule has 0 aliphatic carbocycles. The zero-order valence-electron chi connectivity index (χ0n) is 11.2. The molecule has 0 saturated carbocycles. The van der Waals surface area contributed by atoms with E-state index in [9.17, 15) is 4.39 Å². The van der Waals surface area contributed by atoms with Crippen molar-refractivity contribution in [3.05, 3.63) is 29.6 Å². The Kier molecular flexibility index (Phi) is 2.81. The number of benzene rings is 1. The molecule has 0 radical (unpaired) electrons. The molecule has 98 valence electrons. The number of piperidine rings is 1. The number of halogens is 1. The topological polar surface area (TPSA) is 15.3 Å². The van der Waals surface area contributed by atoms with Crippen molar-refractivity contribution < 1.29 is 4.39 Å². The van der Waals surface area contributed by atoms with Crippen molar-refractivity contribution in [2.24, 2.45) is 0 Å². The summed E-state index contributed by atoms with van der Waals surface area (Å²) in [6.07, 6.45) is 2.27. The molecule has 18 heavy (non-hydrogen) atoms. The van der Waals surface area contributed by atoms with Gasteiger partial charge >= 0.3 is 0 Å². The lowest BCUT2D eigenvalue weighted by Crippen LogP contribution is -2.46. The van der Waals surface area contributed by atoms with E-state index in [-0.39, 0.29) is 11.2 Å². The highest BCUT2D eigenvalue weighted by molar-refractivity contribution is 5.60. The van der Waals surface area contributed by atoms with Gasteiger partial charge in [-0.1, -0.05) is 0 Å². The van der Waals surface area contributed by atoms with Gasteiger partial charge in [0.05, 0.1) is 0 Å². The number of anilines is 1. The van der Waals surface area contributed by atoms with Gasteiger partial charge in [-0.2, -0.15) is 0 Å². The average Bonchev–Trinajstić information content (AvgIpc) is 2.69. The van der Waals surface area contributed by atoms with Gasteiger partial charge in [-0.25, -0.2) is 4.39 Å². The Morgan fingerprint density at radius 1 is 1.28 bits per heavy atom. The second kappa shape index (κ2) is 4.23. The first-order valence-electron chi connectivity index (χ1n) is 6.89. The molecule has 2 aliphatic heterocycles. The van der Waals surface area contributed by atoms with Crippen molar-refractivity contribution in [3.8, 4) is 0 Å². The van der Waals surface area contributed by atoms with Gasteiger partial charge in [-0.05, 0) is 63.5 Å². The summed E-state index contributed by atoms with van der Waals surface area (Å²) in [5.74, 6) is -0.108. The molecule has 3 rings (SSSR count). The summed E-state index contributed by atoms with van der Waals surface area (Å²) in [6, 6.07) is 5.78. The second-order valence-corrected chi connectivity index (χ2v) is 5.95. The van der Waals surface area contributed by atoms with Crippen LogP contribution >= 0.6 is 0 Å². The molecule has 2 nitrogen and oxygen atoms in total. The van der Waals surface area contributed by atoms with Crippen LogP contribution in [0.4, 0.5) is 10.1 Å². The normalized spacial score (nSPS) is 22.2. The van der Waals surface area contributed by atoms with Gasteiger partial charge in [0.15, 0.2) is 0 Å². The van der Waals surface area contributed by atoms with Crippen molar-refractivity contribution in [3.63, 3.8) is 0 Å². The molecule has 2 heterocycles. The van der Waals surface area contributed by atoms with Crippen LogP contribution in [0.1, 0.15) is 32.3 Å². The monoisotopic (exact) mass is 248 g/mol. The summed E-state index contributed by atoms with van der Waals surface area (Å²) in [5.41, 5.74) is 2.50. The molecule has 1 saturated heterocycles. The predicted octanol–water partition coefficient (Wildman–Crippen LogP) is 2.99. The van der Waals surface area contributed by atoms with Crippen molar-refractivity contribution in [1.29, 1.82) is 0 Å². The maximum absolute atomic E-state index is 13.5. The Morgan fingerprint density at radius 2 is 2.00 bits per heavy atom. The van der Waals surface area contributed by atoms with Gasteiger partial charge in [0.25, 0.3) is 0 Å². The van der Waals surface area contributed by atoms with Crippen LogP contribution in [0.15, 0.2) is 18.2 Å². The Labute approximate surface area is 108 Å². The quantitative estimate of drug-likeness (QED) is 0.822. The Hall–Kier alpha value is -1.09. The van der Waals surface area contributed by atoms with E-state index in [2.05, 4.69) is 24.1 Å². The molecule has 0 atom stereocenters. The number of rotatable bonds is 1. The summed E-state index contributed by atoms with van der Waals surface area (Å²) < 4.78 is 13.5. The van der Waals surface area contributed by atoms with E-state index < -0.39 is 0 Å². The lowest BCUT2D eigenvalue weighted by atomic mass is 9.74. The third kappa shape index (κ3) is 1.81. The molecule has 1 fully saturated rings. The molecule has 0 amide bonds. The maximum Gasteiger partial charge on any atom is 0.123 e. The van der Waals surface area contributed by atoms with Crippen LogP contribution in [0.2, 0.25) is 0 Å². The van der Waals surface area contributed by atoms with Crippen LogP contribution in [-0.4, -0.2) is 30.6 Å². The highest BCUT2D eigenvalue weighted by Crippen LogP contribution is 2.44. The molecule has 1 aromatic carbocycles. The molecule has 1 aromatic rings. The molecular weight excluding hydrogens is 227 g/mol. The smallest absolute Gasteiger partial charge is 0.123 e. The minimum Gasteiger partial charge on any atom is -0.384 e. The molecule has 0 aromatic heterocycles. The predicted molar refractivity (Wildman–Crippen MR) is 72.5 cm³/mol. The fourth-order valence-electron chi connectivity index (χ4n) is 3.38. The van der Waals surface area contributed by atoms with Crippen LogP contribution in [0.5, 0.6) is 0 Å². The van der Waals surface area contributed by atoms with Crippen LogP contribution in [-0.2, 0) is 5.41 Å². The Bertz CT molecular complexity index is 448.